The Morgan fingerprint density at radius 1 is 1.06 bits per heavy atom. The van der Waals surface area contributed by atoms with Crippen LogP contribution in [0, 0.1) is 23.4 Å². The van der Waals surface area contributed by atoms with Gasteiger partial charge in [0, 0.05) is 42.9 Å². The minimum atomic E-state index is -0.255. The van der Waals surface area contributed by atoms with E-state index in [9.17, 15) is 4.39 Å². The van der Waals surface area contributed by atoms with E-state index in [1.807, 2.05) is 25.3 Å². The van der Waals surface area contributed by atoms with Gasteiger partial charge >= 0.3 is 0 Å². The van der Waals surface area contributed by atoms with Crippen molar-refractivity contribution in [3.63, 3.8) is 0 Å². The molecule has 32 heavy (non-hydrogen) atoms. The highest BCUT2D eigenvalue weighted by molar-refractivity contribution is 14.1. The smallest absolute Gasteiger partial charge is 0.182 e. The fourth-order valence-corrected chi connectivity index (χ4v) is 4.68. The maximum absolute atomic E-state index is 13.4. The first-order valence-corrected chi connectivity index (χ1v) is 11.8. The highest BCUT2D eigenvalue weighted by atomic mass is 127. The van der Waals surface area contributed by atoms with Crippen LogP contribution >= 0.6 is 22.6 Å². The molecule has 0 bridgehead atoms. The number of halogens is 2. The number of hydrogen-bond acceptors (Lipinski definition) is 5. The Hall–Kier alpha value is -2.36. The molecule has 2 aromatic heterocycles. The summed E-state index contributed by atoms with van der Waals surface area (Å²) in [4.78, 5) is 9.35. The van der Waals surface area contributed by atoms with E-state index in [0.717, 1.165) is 69.6 Å². The van der Waals surface area contributed by atoms with Crippen LogP contribution in [0.1, 0.15) is 31.9 Å². The van der Waals surface area contributed by atoms with Crippen molar-refractivity contribution in [2.45, 2.75) is 40.2 Å². The van der Waals surface area contributed by atoms with Gasteiger partial charge in [0.15, 0.2) is 17.3 Å². The summed E-state index contributed by atoms with van der Waals surface area (Å²) in [7, 11) is 0. The van der Waals surface area contributed by atoms with Crippen molar-refractivity contribution < 1.29 is 9.13 Å². The third kappa shape index (κ3) is 4.42. The molecule has 0 atom stereocenters. The largest absolute Gasteiger partial charge is 0.474 e. The lowest BCUT2D eigenvalue weighted by Crippen LogP contribution is -2.47. The molecule has 0 N–H and O–H groups in total. The molecule has 0 unspecified atom stereocenters. The molecule has 1 saturated heterocycles. The molecular formula is C24H29FIN5O. The molecule has 170 valence electrons. The average Bonchev–Trinajstić information content (AvgIpc) is 3.07. The number of ether oxygens (including phenoxy) is 1. The maximum Gasteiger partial charge on any atom is 0.182 e. The van der Waals surface area contributed by atoms with E-state index in [0.29, 0.717) is 0 Å². The number of piperazine rings is 1. The van der Waals surface area contributed by atoms with E-state index in [1.165, 1.54) is 12.1 Å². The van der Waals surface area contributed by atoms with Gasteiger partial charge < -0.3 is 14.5 Å². The van der Waals surface area contributed by atoms with Gasteiger partial charge in [0.05, 0.1) is 0 Å². The van der Waals surface area contributed by atoms with Gasteiger partial charge in [-0.2, -0.15) is 0 Å². The molecule has 4 rings (SSSR count). The van der Waals surface area contributed by atoms with Crippen molar-refractivity contribution in [2.75, 3.05) is 31.1 Å². The molecule has 3 heterocycles. The monoisotopic (exact) mass is 549 g/mol. The van der Waals surface area contributed by atoms with Gasteiger partial charge in [-0.05, 0) is 88.1 Å². The molecule has 8 heteroatoms. The summed E-state index contributed by atoms with van der Waals surface area (Å²) >= 11 is 2.28. The second-order valence-corrected chi connectivity index (χ2v) is 10.2. The number of imidazole rings is 1. The van der Waals surface area contributed by atoms with Crippen molar-refractivity contribution in [3.8, 4) is 11.3 Å². The van der Waals surface area contributed by atoms with E-state index in [2.05, 4.69) is 52.8 Å². The number of benzene rings is 1. The quantitative estimate of drug-likeness (QED) is 0.332. The highest BCUT2D eigenvalue weighted by Crippen LogP contribution is 2.31. The number of aromatic nitrogens is 3. The average molecular weight is 549 g/mol. The number of hydrogen-bond donors (Lipinski definition) is 0. The molecule has 0 amide bonds. The van der Waals surface area contributed by atoms with Crippen molar-refractivity contribution in [3.05, 3.63) is 57.4 Å². The first-order valence-electron chi connectivity index (χ1n) is 10.7. The maximum atomic E-state index is 13.4. The lowest BCUT2D eigenvalue weighted by atomic mass is 10.1. The molecule has 1 aliphatic heterocycles. The molecule has 0 spiro atoms. The number of aryl methyl sites for hydroxylation is 1. The number of nitrogens with zero attached hydrogens (tertiary/aromatic N) is 5. The van der Waals surface area contributed by atoms with Crippen LogP contribution in [-0.2, 0) is 4.74 Å². The van der Waals surface area contributed by atoms with Crippen LogP contribution < -0.4 is 4.90 Å². The van der Waals surface area contributed by atoms with Gasteiger partial charge in [-0.3, -0.25) is 0 Å². The summed E-state index contributed by atoms with van der Waals surface area (Å²) in [5.74, 6) is 1.44. The van der Waals surface area contributed by atoms with Crippen LogP contribution in [0.4, 0.5) is 10.2 Å². The number of anilines is 1. The summed E-state index contributed by atoms with van der Waals surface area (Å²) < 4.78 is 22.2. The number of rotatable bonds is 4. The zero-order chi connectivity index (χ0) is 23.2. The lowest BCUT2D eigenvalue weighted by molar-refractivity contribution is 0.00162. The Morgan fingerprint density at radius 3 is 2.28 bits per heavy atom. The van der Waals surface area contributed by atoms with Crippen LogP contribution in [0.2, 0.25) is 0 Å². The zero-order valence-corrected chi connectivity index (χ0v) is 21.4. The Bertz CT molecular complexity index is 1160. The van der Waals surface area contributed by atoms with Crippen LogP contribution in [0.25, 0.3) is 16.9 Å². The van der Waals surface area contributed by atoms with Crippen LogP contribution in [-0.4, -0.2) is 51.3 Å². The Morgan fingerprint density at radius 2 is 1.69 bits per heavy atom. The molecule has 0 aliphatic carbocycles. The van der Waals surface area contributed by atoms with E-state index in [1.54, 1.807) is 12.1 Å². The predicted octanol–water partition coefficient (Wildman–Crippen LogP) is 5.17. The van der Waals surface area contributed by atoms with Gasteiger partial charge in [0.25, 0.3) is 0 Å². The molecule has 0 saturated carbocycles. The minimum absolute atomic E-state index is 0.255. The van der Waals surface area contributed by atoms with Crippen molar-refractivity contribution in [1.29, 1.82) is 0 Å². The predicted molar refractivity (Wildman–Crippen MR) is 134 cm³/mol. The van der Waals surface area contributed by atoms with Crippen LogP contribution in [0.15, 0.2) is 36.7 Å². The molecule has 3 aromatic rings. The normalized spacial score (nSPS) is 14.8. The molecule has 1 fully saturated rings. The zero-order valence-electron chi connectivity index (χ0n) is 19.2. The second-order valence-electron chi connectivity index (χ2n) is 9.15. The fraction of sp³-hybridized carbons (Fsp3) is 0.417. The van der Waals surface area contributed by atoms with Gasteiger partial charge in [0.2, 0.25) is 0 Å². The van der Waals surface area contributed by atoms with Crippen LogP contribution in [0.3, 0.4) is 0 Å². The third-order valence-corrected chi connectivity index (χ3v) is 6.67. The molecular weight excluding hydrogens is 520 g/mol. The summed E-state index contributed by atoms with van der Waals surface area (Å²) in [6, 6.07) is 6.44. The standard InChI is InChI=1S/C24H29FIN5O/c1-15-16(2)23(30-13-11-29(12-14-30)17(3)32-24(4,5)6)28-31-21(26)20(27-22(15)31)18-7-9-19(25)10-8-18/h7-10H,3,11-14H2,1-2,4-6H3. The van der Waals surface area contributed by atoms with Gasteiger partial charge in [-0.25, -0.2) is 13.9 Å². The fourth-order valence-electron chi connectivity index (χ4n) is 3.91. The lowest BCUT2D eigenvalue weighted by Gasteiger charge is -2.39. The van der Waals surface area contributed by atoms with E-state index < -0.39 is 0 Å². The summed E-state index contributed by atoms with van der Waals surface area (Å²) in [5.41, 5.74) is 4.51. The van der Waals surface area contributed by atoms with E-state index in [-0.39, 0.29) is 11.4 Å². The number of fused-ring (bicyclic) bond motifs is 1. The third-order valence-electron chi connectivity index (χ3n) is 5.70. The van der Waals surface area contributed by atoms with Gasteiger partial charge in [-0.1, -0.05) is 0 Å². The molecule has 0 radical (unpaired) electrons. The van der Waals surface area contributed by atoms with Crippen molar-refractivity contribution >= 4 is 34.1 Å². The Kier molecular flexibility index (Phi) is 6.08. The summed E-state index contributed by atoms with van der Waals surface area (Å²) in [6.45, 7) is 17.7. The first-order chi connectivity index (χ1) is 15.0. The Balaban J connectivity index is 1.62. The van der Waals surface area contributed by atoms with E-state index >= 15 is 0 Å². The SMILES string of the molecule is C=C(OC(C)(C)C)N1CCN(c2nn3c(I)c(-c4ccc(F)cc4)nc3c(C)c2C)CC1. The molecule has 6 nitrogen and oxygen atoms in total. The van der Waals surface area contributed by atoms with Gasteiger partial charge in [0.1, 0.15) is 20.8 Å². The summed E-state index contributed by atoms with van der Waals surface area (Å²) in [5, 5.41) is 4.98. The van der Waals surface area contributed by atoms with Crippen molar-refractivity contribution in [2.24, 2.45) is 0 Å². The van der Waals surface area contributed by atoms with Crippen molar-refractivity contribution in [1.82, 2.24) is 19.5 Å². The molecule has 1 aliphatic rings. The second kappa shape index (κ2) is 8.53. The minimum Gasteiger partial charge on any atom is -0.474 e. The Labute approximate surface area is 202 Å². The topological polar surface area (TPSA) is 45.9 Å². The van der Waals surface area contributed by atoms with Gasteiger partial charge in [-0.15, -0.1) is 5.10 Å². The first kappa shape index (κ1) is 22.8. The molecule has 1 aromatic carbocycles. The summed E-state index contributed by atoms with van der Waals surface area (Å²) in [6.07, 6.45) is 0. The highest BCUT2D eigenvalue weighted by Gasteiger charge is 2.25. The van der Waals surface area contributed by atoms with Crippen LogP contribution in [0.5, 0.6) is 0 Å². The van der Waals surface area contributed by atoms with E-state index in [4.69, 9.17) is 14.8 Å².